The Balaban J connectivity index is 1.91. The van der Waals surface area contributed by atoms with Crippen molar-refractivity contribution in [3.05, 3.63) is 36.0 Å². The number of nitrogens with one attached hydrogen (secondary N) is 1. The Morgan fingerprint density at radius 1 is 1.22 bits per heavy atom. The number of fused-ring (bicyclic) bond motifs is 1. The van der Waals surface area contributed by atoms with E-state index in [9.17, 15) is 5.11 Å². The second-order valence-electron chi connectivity index (χ2n) is 5.35. The van der Waals surface area contributed by atoms with Crippen molar-refractivity contribution < 1.29 is 5.11 Å². The summed E-state index contributed by atoms with van der Waals surface area (Å²) in [7, 11) is 0. The van der Waals surface area contributed by atoms with E-state index < -0.39 is 6.10 Å². The average Bonchev–Trinajstić information content (AvgIpc) is 3.06. The van der Waals surface area contributed by atoms with Crippen molar-refractivity contribution in [1.82, 2.24) is 4.98 Å². The minimum absolute atomic E-state index is 0.285. The summed E-state index contributed by atoms with van der Waals surface area (Å²) in [4.78, 5) is 3.19. The number of aliphatic hydroxyl groups is 1. The lowest BCUT2D eigenvalue weighted by atomic mass is 9.89. The van der Waals surface area contributed by atoms with Gasteiger partial charge in [-0.15, -0.1) is 0 Å². The van der Waals surface area contributed by atoms with Gasteiger partial charge in [0.25, 0.3) is 0 Å². The van der Waals surface area contributed by atoms with Gasteiger partial charge in [-0.3, -0.25) is 0 Å². The van der Waals surface area contributed by atoms with Crippen molar-refractivity contribution in [3.63, 3.8) is 0 Å². The largest absolute Gasteiger partial charge is 0.391 e. The van der Waals surface area contributed by atoms with Crippen LogP contribution in [-0.2, 0) is 0 Å². The van der Waals surface area contributed by atoms with Gasteiger partial charge in [0.1, 0.15) is 0 Å². The molecule has 2 aromatic rings. The topological polar surface area (TPSA) is 62.0 Å². The Kier molecular flexibility index (Phi) is 3.10. The minimum atomic E-state index is -0.423. The third kappa shape index (κ3) is 1.93. The molecule has 1 aromatic heterocycles. The zero-order chi connectivity index (χ0) is 12.5. The summed E-state index contributed by atoms with van der Waals surface area (Å²) in [6.45, 7) is 0. The van der Waals surface area contributed by atoms with Crippen LogP contribution >= 0.6 is 0 Å². The van der Waals surface area contributed by atoms with Gasteiger partial charge in [0.2, 0.25) is 0 Å². The summed E-state index contributed by atoms with van der Waals surface area (Å²) in [5.74, 6) is 0.370. The second-order valence-corrected chi connectivity index (χ2v) is 5.35. The van der Waals surface area contributed by atoms with Crippen LogP contribution in [0.3, 0.4) is 0 Å². The predicted molar refractivity (Wildman–Crippen MR) is 73.2 cm³/mol. The number of hydrogen-bond donors (Lipinski definition) is 3. The molecule has 1 saturated carbocycles. The number of H-pyrrole nitrogens is 1. The van der Waals surface area contributed by atoms with E-state index in [0.717, 1.165) is 29.3 Å². The van der Waals surface area contributed by atoms with E-state index in [1.807, 2.05) is 30.5 Å². The van der Waals surface area contributed by atoms with Crippen LogP contribution in [0.4, 0.5) is 0 Å². The smallest absolute Gasteiger partial charge is 0.0761 e. The Labute approximate surface area is 107 Å². The van der Waals surface area contributed by atoms with Crippen molar-refractivity contribution in [2.24, 2.45) is 11.7 Å². The van der Waals surface area contributed by atoms with Crippen LogP contribution in [0.5, 0.6) is 0 Å². The zero-order valence-corrected chi connectivity index (χ0v) is 10.5. The molecule has 18 heavy (non-hydrogen) atoms. The van der Waals surface area contributed by atoms with Crippen LogP contribution in [0, 0.1) is 5.92 Å². The van der Waals surface area contributed by atoms with Crippen molar-refractivity contribution >= 4 is 10.9 Å². The first kappa shape index (κ1) is 11.8. The molecule has 3 heteroatoms. The summed E-state index contributed by atoms with van der Waals surface area (Å²) in [5.41, 5.74) is 8.41. The third-order valence-corrected chi connectivity index (χ3v) is 4.24. The molecule has 3 nitrogen and oxygen atoms in total. The SMILES string of the molecule is N[C@H](c1cccc2[nH]ccc12)[C@@H](O)C1CCCC1. The van der Waals surface area contributed by atoms with Gasteiger partial charge in [0.05, 0.1) is 12.1 Å². The summed E-state index contributed by atoms with van der Waals surface area (Å²) in [6, 6.07) is 7.81. The van der Waals surface area contributed by atoms with Gasteiger partial charge in [0.15, 0.2) is 0 Å². The van der Waals surface area contributed by atoms with Crippen LogP contribution in [-0.4, -0.2) is 16.2 Å². The summed E-state index contributed by atoms with van der Waals surface area (Å²) in [6.07, 6.45) is 6.16. The van der Waals surface area contributed by atoms with Crippen molar-refractivity contribution in [3.8, 4) is 0 Å². The normalized spacial score (nSPS) is 20.3. The van der Waals surface area contributed by atoms with E-state index in [1.165, 1.54) is 12.8 Å². The molecule has 1 fully saturated rings. The number of benzene rings is 1. The highest BCUT2D eigenvalue weighted by atomic mass is 16.3. The summed E-state index contributed by atoms with van der Waals surface area (Å²) < 4.78 is 0. The Morgan fingerprint density at radius 2 is 2.00 bits per heavy atom. The van der Waals surface area contributed by atoms with Gasteiger partial charge in [0, 0.05) is 17.1 Å². The lowest BCUT2D eigenvalue weighted by molar-refractivity contribution is 0.0849. The average molecular weight is 244 g/mol. The Hall–Kier alpha value is -1.32. The fourth-order valence-electron chi connectivity index (χ4n) is 3.18. The number of aliphatic hydroxyl groups excluding tert-OH is 1. The molecule has 1 heterocycles. The van der Waals surface area contributed by atoms with Crippen LogP contribution in [0.2, 0.25) is 0 Å². The van der Waals surface area contributed by atoms with E-state index in [-0.39, 0.29) is 6.04 Å². The van der Waals surface area contributed by atoms with E-state index in [1.54, 1.807) is 0 Å². The molecule has 2 atom stereocenters. The van der Waals surface area contributed by atoms with Crippen molar-refractivity contribution in [1.29, 1.82) is 0 Å². The lowest BCUT2D eigenvalue weighted by Crippen LogP contribution is -2.32. The van der Waals surface area contributed by atoms with E-state index in [2.05, 4.69) is 4.98 Å². The zero-order valence-electron chi connectivity index (χ0n) is 10.5. The highest BCUT2D eigenvalue weighted by Gasteiger charge is 2.29. The van der Waals surface area contributed by atoms with Gasteiger partial charge in [-0.1, -0.05) is 25.0 Å². The third-order valence-electron chi connectivity index (χ3n) is 4.24. The van der Waals surface area contributed by atoms with E-state index in [4.69, 9.17) is 5.73 Å². The quantitative estimate of drug-likeness (QED) is 0.777. The molecular formula is C15H20N2O. The van der Waals surface area contributed by atoms with Crippen molar-refractivity contribution in [2.45, 2.75) is 37.8 Å². The molecule has 96 valence electrons. The van der Waals surface area contributed by atoms with Gasteiger partial charge in [-0.05, 0) is 36.5 Å². The molecule has 1 aliphatic rings. The highest BCUT2D eigenvalue weighted by molar-refractivity contribution is 5.83. The van der Waals surface area contributed by atoms with Crippen LogP contribution in [0.1, 0.15) is 37.3 Å². The second kappa shape index (κ2) is 4.75. The number of nitrogens with two attached hydrogens (primary N) is 1. The monoisotopic (exact) mass is 244 g/mol. The number of rotatable bonds is 3. The molecule has 0 spiro atoms. The molecule has 0 amide bonds. The van der Waals surface area contributed by atoms with Crippen LogP contribution in [0.25, 0.3) is 10.9 Å². The lowest BCUT2D eigenvalue weighted by Gasteiger charge is -2.25. The fourth-order valence-corrected chi connectivity index (χ4v) is 3.18. The number of hydrogen-bond acceptors (Lipinski definition) is 2. The maximum Gasteiger partial charge on any atom is 0.0761 e. The first-order valence-corrected chi connectivity index (χ1v) is 6.77. The van der Waals surface area contributed by atoms with E-state index in [0.29, 0.717) is 5.92 Å². The fraction of sp³-hybridized carbons (Fsp3) is 0.467. The number of aromatic amines is 1. The van der Waals surface area contributed by atoms with Gasteiger partial charge >= 0.3 is 0 Å². The standard InChI is InChI=1S/C15H20N2O/c16-14(15(18)10-4-1-2-5-10)12-6-3-7-13-11(12)8-9-17-13/h3,6-10,14-15,17-18H,1-2,4-5,16H2/t14-,15+/m1/s1. The molecular weight excluding hydrogens is 224 g/mol. The molecule has 4 N–H and O–H groups in total. The maximum atomic E-state index is 10.4. The Bertz CT molecular complexity index is 528. The summed E-state index contributed by atoms with van der Waals surface area (Å²) >= 11 is 0. The van der Waals surface area contributed by atoms with Gasteiger partial charge in [-0.2, -0.15) is 0 Å². The highest BCUT2D eigenvalue weighted by Crippen LogP contribution is 2.34. The van der Waals surface area contributed by atoms with Crippen LogP contribution < -0.4 is 5.73 Å². The molecule has 1 aliphatic carbocycles. The molecule has 0 saturated heterocycles. The summed E-state index contributed by atoms with van der Waals surface area (Å²) in [5, 5.41) is 11.6. The molecule has 0 unspecified atom stereocenters. The maximum absolute atomic E-state index is 10.4. The Morgan fingerprint density at radius 3 is 2.78 bits per heavy atom. The first-order chi connectivity index (χ1) is 8.77. The first-order valence-electron chi connectivity index (χ1n) is 6.77. The molecule has 3 rings (SSSR count). The molecule has 0 aliphatic heterocycles. The molecule has 0 radical (unpaired) electrons. The van der Waals surface area contributed by atoms with E-state index >= 15 is 0 Å². The van der Waals surface area contributed by atoms with Gasteiger partial charge in [-0.25, -0.2) is 0 Å². The van der Waals surface area contributed by atoms with Crippen LogP contribution in [0.15, 0.2) is 30.5 Å². The molecule has 0 bridgehead atoms. The minimum Gasteiger partial charge on any atom is -0.391 e. The van der Waals surface area contributed by atoms with Gasteiger partial charge < -0.3 is 15.8 Å². The van der Waals surface area contributed by atoms with Crippen molar-refractivity contribution in [2.75, 3.05) is 0 Å². The number of aromatic nitrogens is 1. The molecule has 1 aromatic carbocycles. The predicted octanol–water partition coefficient (Wildman–Crippen LogP) is 2.72.